The van der Waals surface area contributed by atoms with Gasteiger partial charge in [-0.2, -0.15) is 0 Å². The van der Waals surface area contributed by atoms with Gasteiger partial charge in [0.05, 0.1) is 15.5 Å². The average molecular weight is 437 g/mol. The van der Waals surface area contributed by atoms with Crippen LogP contribution in [-0.2, 0) is 20.0 Å². The van der Waals surface area contributed by atoms with Gasteiger partial charge in [0, 0.05) is 10.7 Å². The Morgan fingerprint density at radius 1 is 0.679 bits per heavy atom. The van der Waals surface area contributed by atoms with Crippen molar-refractivity contribution in [3.05, 3.63) is 83.4 Å². The van der Waals surface area contributed by atoms with Gasteiger partial charge in [0.25, 0.3) is 20.0 Å². The summed E-state index contributed by atoms with van der Waals surface area (Å²) < 4.78 is 54.6. The van der Waals surface area contributed by atoms with Gasteiger partial charge >= 0.3 is 0 Å². The molecule has 0 radical (unpaired) electrons. The van der Waals surface area contributed by atoms with Crippen LogP contribution in [0.25, 0.3) is 0 Å². The number of hydrogen-bond donors (Lipinski definition) is 2. The van der Waals surface area contributed by atoms with Gasteiger partial charge in [-0.15, -0.1) is 0 Å². The molecule has 0 amide bonds. The Labute approximate surface area is 169 Å². The van der Waals surface area contributed by atoms with E-state index in [1.165, 1.54) is 42.5 Å². The van der Waals surface area contributed by atoms with Crippen molar-refractivity contribution in [1.29, 1.82) is 0 Å². The Morgan fingerprint density at radius 3 is 1.71 bits per heavy atom. The van der Waals surface area contributed by atoms with E-state index in [4.69, 9.17) is 11.6 Å². The lowest BCUT2D eigenvalue weighted by Gasteiger charge is -2.11. The van der Waals surface area contributed by atoms with E-state index in [-0.39, 0.29) is 15.5 Å². The average Bonchev–Trinajstić information content (AvgIpc) is 2.62. The minimum absolute atomic E-state index is 0.00856. The molecule has 0 atom stereocenters. The van der Waals surface area contributed by atoms with Crippen LogP contribution < -0.4 is 9.44 Å². The van der Waals surface area contributed by atoms with Crippen LogP contribution in [0.3, 0.4) is 0 Å². The van der Waals surface area contributed by atoms with Gasteiger partial charge in [-0.25, -0.2) is 16.8 Å². The topological polar surface area (TPSA) is 92.3 Å². The molecule has 0 bridgehead atoms. The van der Waals surface area contributed by atoms with E-state index in [0.717, 1.165) is 5.56 Å². The van der Waals surface area contributed by atoms with Gasteiger partial charge in [0.2, 0.25) is 0 Å². The van der Waals surface area contributed by atoms with Crippen LogP contribution in [0, 0.1) is 6.92 Å². The van der Waals surface area contributed by atoms with Crippen LogP contribution in [0.4, 0.5) is 11.4 Å². The number of benzene rings is 3. The Morgan fingerprint density at radius 2 is 1.18 bits per heavy atom. The molecule has 146 valence electrons. The molecule has 3 aromatic carbocycles. The molecule has 0 saturated heterocycles. The van der Waals surface area contributed by atoms with Crippen molar-refractivity contribution in [3.63, 3.8) is 0 Å². The molecule has 6 nitrogen and oxygen atoms in total. The van der Waals surface area contributed by atoms with Crippen molar-refractivity contribution < 1.29 is 16.8 Å². The number of hydrogen-bond acceptors (Lipinski definition) is 4. The lowest BCUT2D eigenvalue weighted by Crippen LogP contribution is -2.14. The third kappa shape index (κ3) is 4.83. The molecule has 9 heteroatoms. The zero-order valence-corrected chi connectivity index (χ0v) is 17.1. The number of nitrogens with one attached hydrogen (secondary N) is 2. The van der Waals surface area contributed by atoms with Gasteiger partial charge in [-0.1, -0.05) is 35.4 Å². The number of sulfonamides is 2. The Balaban J connectivity index is 1.78. The fraction of sp³-hybridized carbons (Fsp3) is 0.0526. The minimum atomic E-state index is -3.83. The summed E-state index contributed by atoms with van der Waals surface area (Å²) >= 11 is 5.86. The number of halogens is 1. The van der Waals surface area contributed by atoms with Crippen LogP contribution in [0.15, 0.2) is 82.6 Å². The molecular weight excluding hydrogens is 420 g/mol. The number of anilines is 2. The monoisotopic (exact) mass is 436 g/mol. The predicted molar refractivity (Wildman–Crippen MR) is 111 cm³/mol. The normalized spacial score (nSPS) is 11.8. The van der Waals surface area contributed by atoms with Gasteiger partial charge in [-0.05, 0) is 61.5 Å². The highest BCUT2D eigenvalue weighted by Gasteiger charge is 2.17. The van der Waals surface area contributed by atoms with Gasteiger partial charge in [0.15, 0.2) is 0 Å². The fourth-order valence-electron chi connectivity index (χ4n) is 2.40. The lowest BCUT2D eigenvalue weighted by molar-refractivity contribution is 0.600. The van der Waals surface area contributed by atoms with Crippen molar-refractivity contribution in [3.8, 4) is 0 Å². The molecule has 3 rings (SSSR count). The first kappa shape index (κ1) is 20.2. The van der Waals surface area contributed by atoms with Gasteiger partial charge in [0.1, 0.15) is 0 Å². The minimum Gasteiger partial charge on any atom is -0.280 e. The van der Waals surface area contributed by atoms with Crippen molar-refractivity contribution in [2.24, 2.45) is 0 Å². The molecule has 0 spiro atoms. The van der Waals surface area contributed by atoms with Crippen LogP contribution in [0.5, 0.6) is 0 Å². The predicted octanol–water partition coefficient (Wildman–Crippen LogP) is 4.25. The van der Waals surface area contributed by atoms with Gasteiger partial charge in [-0.3, -0.25) is 9.44 Å². The van der Waals surface area contributed by atoms with Crippen LogP contribution >= 0.6 is 11.6 Å². The first-order valence-electron chi connectivity index (χ1n) is 8.14. The summed E-state index contributed by atoms with van der Waals surface area (Å²) in [5.74, 6) is 0. The lowest BCUT2D eigenvalue weighted by atomic mass is 10.2. The maximum Gasteiger partial charge on any atom is 0.261 e. The van der Waals surface area contributed by atoms with E-state index in [1.54, 1.807) is 30.3 Å². The molecule has 3 aromatic rings. The van der Waals surface area contributed by atoms with Crippen molar-refractivity contribution in [2.75, 3.05) is 9.44 Å². The molecule has 0 saturated carbocycles. The quantitative estimate of drug-likeness (QED) is 0.604. The highest BCUT2D eigenvalue weighted by Crippen LogP contribution is 2.22. The van der Waals surface area contributed by atoms with Gasteiger partial charge < -0.3 is 0 Å². The Bertz CT molecular complexity index is 1190. The maximum absolute atomic E-state index is 12.5. The summed E-state index contributed by atoms with van der Waals surface area (Å²) in [5.41, 5.74) is 1.53. The molecular formula is C19H17ClN2O4S2. The Hall–Kier alpha value is -2.55. The third-order valence-electron chi connectivity index (χ3n) is 3.82. The SMILES string of the molecule is Cc1ccc(S(=O)(=O)Nc2ccc(S(=O)(=O)Nc3cccc(Cl)c3)cc2)cc1. The van der Waals surface area contributed by atoms with E-state index < -0.39 is 20.0 Å². The van der Waals surface area contributed by atoms with Crippen LogP contribution in [-0.4, -0.2) is 16.8 Å². The highest BCUT2D eigenvalue weighted by atomic mass is 35.5. The van der Waals surface area contributed by atoms with E-state index in [9.17, 15) is 16.8 Å². The second-order valence-electron chi connectivity index (χ2n) is 6.06. The maximum atomic E-state index is 12.5. The molecule has 0 aliphatic carbocycles. The van der Waals surface area contributed by atoms with E-state index in [0.29, 0.717) is 10.7 Å². The van der Waals surface area contributed by atoms with E-state index in [2.05, 4.69) is 9.44 Å². The van der Waals surface area contributed by atoms with E-state index >= 15 is 0 Å². The first-order valence-corrected chi connectivity index (χ1v) is 11.5. The molecule has 0 aliphatic heterocycles. The third-order valence-corrected chi connectivity index (χ3v) is 6.85. The summed E-state index contributed by atoms with van der Waals surface area (Å²) in [6, 6.07) is 18.2. The van der Waals surface area contributed by atoms with Crippen LogP contribution in [0.1, 0.15) is 5.56 Å². The molecule has 0 aliphatic rings. The molecule has 2 N–H and O–H groups in total. The second-order valence-corrected chi connectivity index (χ2v) is 9.86. The summed E-state index contributed by atoms with van der Waals surface area (Å²) in [7, 11) is -7.59. The smallest absolute Gasteiger partial charge is 0.261 e. The highest BCUT2D eigenvalue weighted by molar-refractivity contribution is 7.93. The Kier molecular flexibility index (Phi) is 5.64. The fourth-order valence-corrected chi connectivity index (χ4v) is 4.70. The second kappa shape index (κ2) is 7.83. The standard InChI is InChI=1S/C19H17ClN2O4S2/c1-14-5-9-18(10-6-14)27(23,24)21-16-7-11-19(12-8-16)28(25,26)22-17-4-2-3-15(20)13-17/h2-13,21-22H,1H3. The summed E-state index contributed by atoms with van der Waals surface area (Å²) in [4.78, 5) is 0.114. The largest absolute Gasteiger partial charge is 0.280 e. The first-order chi connectivity index (χ1) is 13.2. The number of aryl methyl sites for hydroxylation is 1. The molecule has 0 unspecified atom stereocenters. The molecule has 0 aromatic heterocycles. The number of rotatable bonds is 6. The summed E-state index contributed by atoms with van der Waals surface area (Å²) in [5, 5.41) is 0.404. The molecule has 28 heavy (non-hydrogen) atoms. The van der Waals surface area contributed by atoms with Crippen molar-refractivity contribution in [1.82, 2.24) is 0 Å². The summed E-state index contributed by atoms with van der Waals surface area (Å²) in [6.07, 6.45) is 0. The zero-order chi connectivity index (χ0) is 20.4. The van der Waals surface area contributed by atoms with Crippen molar-refractivity contribution >= 4 is 43.0 Å². The summed E-state index contributed by atoms with van der Waals surface area (Å²) in [6.45, 7) is 1.86. The zero-order valence-electron chi connectivity index (χ0n) is 14.8. The van der Waals surface area contributed by atoms with Crippen molar-refractivity contribution in [2.45, 2.75) is 16.7 Å². The molecule has 0 heterocycles. The molecule has 0 fully saturated rings. The van der Waals surface area contributed by atoms with Crippen LogP contribution in [0.2, 0.25) is 5.02 Å². The van der Waals surface area contributed by atoms with E-state index in [1.807, 2.05) is 6.92 Å².